The van der Waals surface area contributed by atoms with E-state index in [9.17, 15) is 4.79 Å². The van der Waals surface area contributed by atoms with Gasteiger partial charge in [0.25, 0.3) is 0 Å². The summed E-state index contributed by atoms with van der Waals surface area (Å²) in [5, 5.41) is 7.14. The zero-order valence-corrected chi connectivity index (χ0v) is 15.6. The van der Waals surface area contributed by atoms with E-state index in [2.05, 4.69) is 21.4 Å². The second-order valence-electron chi connectivity index (χ2n) is 6.95. The number of ether oxygens (including phenoxy) is 2. The van der Waals surface area contributed by atoms with E-state index in [0.29, 0.717) is 13.3 Å². The molecule has 27 heavy (non-hydrogen) atoms. The molecule has 1 saturated heterocycles. The lowest BCUT2D eigenvalue weighted by molar-refractivity contribution is 0.135. The first-order chi connectivity index (χ1) is 13.2. The summed E-state index contributed by atoms with van der Waals surface area (Å²) in [6.07, 6.45) is 4.60. The van der Waals surface area contributed by atoms with E-state index in [1.807, 2.05) is 36.5 Å². The van der Waals surface area contributed by atoms with Gasteiger partial charge < -0.3 is 19.7 Å². The molecule has 1 N–H and O–H groups in total. The summed E-state index contributed by atoms with van der Waals surface area (Å²) < 4.78 is 12.6. The average Bonchev–Trinajstić information content (AvgIpc) is 3.30. The van der Waals surface area contributed by atoms with Crippen molar-refractivity contribution in [1.82, 2.24) is 24.9 Å². The normalized spacial score (nSPS) is 16.6. The fourth-order valence-corrected chi connectivity index (χ4v) is 3.43. The predicted octanol–water partition coefficient (Wildman–Crippen LogP) is 1.22. The standard InChI is InChI=1S/C19H25N5O3/c1-22-12-16(11-21-22)4-5-20-19(25)24-8-6-23(7-9-24)13-15-2-3-17-18(10-15)27-14-26-17/h2-3,10-12H,4-9,13-14H2,1H3,(H,20,25). The maximum absolute atomic E-state index is 12.3. The molecule has 4 rings (SSSR count). The minimum atomic E-state index is 0.0154. The Labute approximate surface area is 158 Å². The number of benzene rings is 1. The molecule has 3 heterocycles. The van der Waals surface area contributed by atoms with Gasteiger partial charge in [-0.05, 0) is 29.7 Å². The fraction of sp³-hybridized carbons (Fsp3) is 0.474. The molecule has 0 aliphatic carbocycles. The molecule has 2 aliphatic heterocycles. The third-order valence-corrected chi connectivity index (χ3v) is 4.95. The van der Waals surface area contributed by atoms with Gasteiger partial charge in [0.05, 0.1) is 6.20 Å². The lowest BCUT2D eigenvalue weighted by Crippen LogP contribution is -2.51. The Morgan fingerprint density at radius 1 is 1.15 bits per heavy atom. The van der Waals surface area contributed by atoms with E-state index in [4.69, 9.17) is 9.47 Å². The van der Waals surface area contributed by atoms with Crippen molar-refractivity contribution in [3.63, 3.8) is 0 Å². The number of urea groups is 1. The van der Waals surface area contributed by atoms with Crippen LogP contribution in [0.15, 0.2) is 30.6 Å². The first kappa shape index (κ1) is 17.7. The van der Waals surface area contributed by atoms with Crippen molar-refractivity contribution < 1.29 is 14.3 Å². The van der Waals surface area contributed by atoms with Gasteiger partial charge in [0.1, 0.15) is 0 Å². The van der Waals surface area contributed by atoms with Gasteiger partial charge in [-0.15, -0.1) is 0 Å². The minimum Gasteiger partial charge on any atom is -0.454 e. The van der Waals surface area contributed by atoms with Crippen molar-refractivity contribution in [2.75, 3.05) is 39.5 Å². The second-order valence-corrected chi connectivity index (χ2v) is 6.95. The maximum Gasteiger partial charge on any atom is 0.317 e. The second kappa shape index (κ2) is 7.87. The van der Waals surface area contributed by atoms with Gasteiger partial charge in [-0.25, -0.2) is 4.79 Å². The average molecular weight is 371 g/mol. The summed E-state index contributed by atoms with van der Waals surface area (Å²) in [4.78, 5) is 16.6. The number of fused-ring (bicyclic) bond motifs is 1. The number of nitrogens with zero attached hydrogens (tertiary/aromatic N) is 4. The van der Waals surface area contributed by atoms with Crippen molar-refractivity contribution in [3.05, 3.63) is 41.7 Å². The number of hydrogen-bond donors (Lipinski definition) is 1. The number of amides is 2. The molecular formula is C19H25N5O3. The minimum absolute atomic E-state index is 0.0154. The highest BCUT2D eigenvalue weighted by Crippen LogP contribution is 2.32. The summed E-state index contributed by atoms with van der Waals surface area (Å²) in [7, 11) is 1.89. The van der Waals surface area contributed by atoms with Gasteiger partial charge in [-0.2, -0.15) is 5.10 Å². The first-order valence-electron chi connectivity index (χ1n) is 9.28. The molecular weight excluding hydrogens is 346 g/mol. The largest absolute Gasteiger partial charge is 0.454 e. The summed E-state index contributed by atoms with van der Waals surface area (Å²) >= 11 is 0. The highest BCUT2D eigenvalue weighted by atomic mass is 16.7. The van der Waals surface area contributed by atoms with Crippen LogP contribution in [0.25, 0.3) is 0 Å². The van der Waals surface area contributed by atoms with E-state index < -0.39 is 0 Å². The molecule has 1 aromatic heterocycles. The van der Waals surface area contributed by atoms with Crippen molar-refractivity contribution in [3.8, 4) is 11.5 Å². The molecule has 0 spiro atoms. The number of rotatable bonds is 5. The maximum atomic E-state index is 12.3. The van der Waals surface area contributed by atoms with Crippen LogP contribution >= 0.6 is 0 Å². The molecule has 144 valence electrons. The van der Waals surface area contributed by atoms with E-state index in [0.717, 1.165) is 56.2 Å². The quantitative estimate of drug-likeness (QED) is 0.856. The number of carbonyl (C=O) groups is 1. The van der Waals surface area contributed by atoms with Crippen molar-refractivity contribution in [2.45, 2.75) is 13.0 Å². The highest BCUT2D eigenvalue weighted by molar-refractivity contribution is 5.74. The molecule has 2 aliphatic rings. The van der Waals surface area contributed by atoms with Gasteiger partial charge in [-0.1, -0.05) is 6.07 Å². The molecule has 1 fully saturated rings. The number of piperazine rings is 1. The Kier molecular flexibility index (Phi) is 5.15. The third kappa shape index (κ3) is 4.33. The monoisotopic (exact) mass is 371 g/mol. The number of aromatic nitrogens is 2. The molecule has 8 heteroatoms. The SMILES string of the molecule is Cn1cc(CCNC(=O)N2CCN(Cc3ccc4c(c3)OCO4)CC2)cn1. The topological polar surface area (TPSA) is 71.9 Å². The van der Waals surface area contributed by atoms with Crippen molar-refractivity contribution in [2.24, 2.45) is 7.05 Å². The first-order valence-corrected chi connectivity index (χ1v) is 9.28. The van der Waals surface area contributed by atoms with Crippen LogP contribution in [-0.2, 0) is 20.0 Å². The Morgan fingerprint density at radius 3 is 2.74 bits per heavy atom. The fourth-order valence-electron chi connectivity index (χ4n) is 3.43. The highest BCUT2D eigenvalue weighted by Gasteiger charge is 2.21. The number of hydrogen-bond acceptors (Lipinski definition) is 5. The van der Waals surface area contributed by atoms with Gasteiger partial charge in [0.15, 0.2) is 11.5 Å². The molecule has 8 nitrogen and oxygen atoms in total. The molecule has 0 radical (unpaired) electrons. The Morgan fingerprint density at radius 2 is 1.96 bits per heavy atom. The van der Waals surface area contributed by atoms with Crippen LogP contribution in [0, 0.1) is 0 Å². The zero-order chi connectivity index (χ0) is 18.6. The molecule has 0 unspecified atom stereocenters. The molecule has 0 saturated carbocycles. The van der Waals surface area contributed by atoms with E-state index in [1.54, 1.807) is 4.68 Å². The summed E-state index contributed by atoms with van der Waals surface area (Å²) in [6.45, 7) is 4.99. The molecule has 0 bridgehead atoms. The van der Waals surface area contributed by atoms with Crippen LogP contribution in [0.3, 0.4) is 0 Å². The van der Waals surface area contributed by atoms with Gasteiger partial charge in [-0.3, -0.25) is 9.58 Å². The lowest BCUT2D eigenvalue weighted by Gasteiger charge is -2.34. The molecule has 0 atom stereocenters. The molecule has 1 aromatic carbocycles. The zero-order valence-electron chi connectivity index (χ0n) is 15.6. The number of aryl methyl sites for hydroxylation is 1. The Bertz CT molecular complexity index is 798. The third-order valence-electron chi connectivity index (χ3n) is 4.95. The Hall–Kier alpha value is -2.74. The van der Waals surface area contributed by atoms with Crippen LogP contribution in [0.4, 0.5) is 4.79 Å². The summed E-state index contributed by atoms with van der Waals surface area (Å²) in [5.74, 6) is 1.63. The van der Waals surface area contributed by atoms with Crippen LogP contribution in [0.2, 0.25) is 0 Å². The van der Waals surface area contributed by atoms with Crippen molar-refractivity contribution in [1.29, 1.82) is 0 Å². The van der Waals surface area contributed by atoms with Gasteiger partial charge in [0, 0.05) is 52.5 Å². The summed E-state index contributed by atoms with van der Waals surface area (Å²) in [5.41, 5.74) is 2.33. The lowest BCUT2D eigenvalue weighted by atomic mass is 10.1. The van der Waals surface area contributed by atoms with E-state index in [1.165, 1.54) is 5.56 Å². The van der Waals surface area contributed by atoms with Gasteiger partial charge >= 0.3 is 6.03 Å². The smallest absolute Gasteiger partial charge is 0.317 e. The van der Waals surface area contributed by atoms with Crippen LogP contribution in [0.1, 0.15) is 11.1 Å². The van der Waals surface area contributed by atoms with Crippen molar-refractivity contribution >= 4 is 6.03 Å². The molecule has 2 amide bonds. The van der Waals surface area contributed by atoms with Crippen LogP contribution < -0.4 is 14.8 Å². The predicted molar refractivity (Wildman–Crippen MR) is 99.7 cm³/mol. The summed E-state index contributed by atoms with van der Waals surface area (Å²) in [6, 6.07) is 6.09. The van der Waals surface area contributed by atoms with Gasteiger partial charge in [0.2, 0.25) is 6.79 Å². The van der Waals surface area contributed by atoms with E-state index >= 15 is 0 Å². The van der Waals surface area contributed by atoms with E-state index in [-0.39, 0.29) is 6.03 Å². The van der Waals surface area contributed by atoms with Crippen LogP contribution in [0.5, 0.6) is 11.5 Å². The number of nitrogens with one attached hydrogen (secondary N) is 1. The number of carbonyl (C=O) groups excluding carboxylic acids is 1. The Balaban J connectivity index is 1.19. The van der Waals surface area contributed by atoms with Crippen LogP contribution in [-0.4, -0.2) is 65.1 Å². The molecule has 2 aromatic rings.